The van der Waals surface area contributed by atoms with Crippen LogP contribution in [-0.2, 0) is 4.74 Å². The molecule has 0 saturated carbocycles. The van der Waals surface area contributed by atoms with Crippen LogP contribution in [0, 0.1) is 5.92 Å². The van der Waals surface area contributed by atoms with Gasteiger partial charge in [-0.3, -0.25) is 0 Å². The van der Waals surface area contributed by atoms with Gasteiger partial charge in [0.05, 0.1) is 6.61 Å². The van der Waals surface area contributed by atoms with Gasteiger partial charge in [-0.1, -0.05) is 0 Å². The second-order valence-corrected chi connectivity index (χ2v) is 4.07. The van der Waals surface area contributed by atoms with Crippen molar-refractivity contribution in [2.75, 3.05) is 32.9 Å². The Morgan fingerprint density at radius 2 is 2.15 bits per heavy atom. The summed E-state index contributed by atoms with van der Waals surface area (Å²) in [6.45, 7) is 8.61. The Balaban J connectivity index is 1.90. The molecule has 0 radical (unpaired) electrons. The van der Waals surface area contributed by atoms with Crippen LogP contribution in [0.2, 0.25) is 0 Å². The summed E-state index contributed by atoms with van der Waals surface area (Å²) < 4.78 is 5.42. The molecule has 1 rings (SSSR count). The Hall–Kier alpha value is -0.120. The third kappa shape index (κ3) is 3.63. The van der Waals surface area contributed by atoms with Crippen LogP contribution >= 0.6 is 0 Å². The van der Waals surface area contributed by atoms with E-state index in [0.29, 0.717) is 12.6 Å². The highest BCUT2D eigenvalue weighted by Gasteiger charge is 2.27. The molecule has 1 saturated heterocycles. The van der Waals surface area contributed by atoms with E-state index in [2.05, 4.69) is 18.7 Å². The summed E-state index contributed by atoms with van der Waals surface area (Å²) >= 11 is 0. The summed E-state index contributed by atoms with van der Waals surface area (Å²) in [5.41, 5.74) is 0. The second-order valence-electron chi connectivity index (χ2n) is 4.07. The van der Waals surface area contributed by atoms with E-state index in [1.807, 2.05) is 0 Å². The molecule has 0 spiro atoms. The topological polar surface area (TPSA) is 32.7 Å². The van der Waals surface area contributed by atoms with Crippen molar-refractivity contribution in [2.45, 2.75) is 26.3 Å². The van der Waals surface area contributed by atoms with Gasteiger partial charge in [0.2, 0.25) is 0 Å². The Morgan fingerprint density at radius 3 is 2.69 bits per heavy atom. The van der Waals surface area contributed by atoms with Crippen LogP contribution in [0.5, 0.6) is 0 Å². The Kier molecular flexibility index (Phi) is 4.70. The summed E-state index contributed by atoms with van der Waals surface area (Å²) in [7, 11) is 0. The Morgan fingerprint density at radius 1 is 1.46 bits per heavy atom. The van der Waals surface area contributed by atoms with Gasteiger partial charge in [-0.2, -0.15) is 0 Å². The fraction of sp³-hybridized carbons (Fsp3) is 1.00. The first-order valence-corrected chi connectivity index (χ1v) is 5.16. The molecule has 1 fully saturated rings. The highest BCUT2D eigenvalue weighted by molar-refractivity contribution is 4.81. The fourth-order valence-corrected chi connectivity index (χ4v) is 1.55. The molecule has 0 unspecified atom stereocenters. The van der Waals surface area contributed by atoms with Gasteiger partial charge in [0.1, 0.15) is 0 Å². The first-order valence-electron chi connectivity index (χ1n) is 5.16. The molecular formula is C10H21NO2. The van der Waals surface area contributed by atoms with Crippen molar-refractivity contribution in [3.05, 3.63) is 0 Å². The largest absolute Gasteiger partial charge is 0.396 e. The van der Waals surface area contributed by atoms with E-state index in [1.54, 1.807) is 0 Å². The van der Waals surface area contributed by atoms with Crippen LogP contribution in [-0.4, -0.2) is 49.0 Å². The predicted octanol–water partition coefficient (Wildman–Crippen LogP) is 0.726. The summed E-state index contributed by atoms with van der Waals surface area (Å²) in [6, 6.07) is 0.675. The van der Waals surface area contributed by atoms with E-state index < -0.39 is 0 Å². The summed E-state index contributed by atoms with van der Waals surface area (Å²) in [6.07, 6.45) is 0.764. The lowest BCUT2D eigenvalue weighted by Crippen LogP contribution is -2.51. The SMILES string of the molecule is CC(C)N1CC(COCCCO)C1. The van der Waals surface area contributed by atoms with Crippen LogP contribution in [0.4, 0.5) is 0 Å². The van der Waals surface area contributed by atoms with Gasteiger partial charge in [0.25, 0.3) is 0 Å². The number of likely N-dealkylation sites (tertiary alicyclic amines) is 1. The quantitative estimate of drug-likeness (QED) is 0.622. The second kappa shape index (κ2) is 5.58. The monoisotopic (exact) mass is 187 g/mol. The van der Waals surface area contributed by atoms with E-state index in [9.17, 15) is 0 Å². The molecule has 1 aliphatic heterocycles. The number of hydrogen-bond donors (Lipinski definition) is 1. The molecule has 3 heteroatoms. The third-order valence-electron chi connectivity index (χ3n) is 2.52. The molecule has 0 aliphatic carbocycles. The van der Waals surface area contributed by atoms with E-state index in [0.717, 1.165) is 18.9 Å². The molecule has 3 nitrogen and oxygen atoms in total. The highest BCUT2D eigenvalue weighted by Crippen LogP contribution is 2.18. The van der Waals surface area contributed by atoms with Gasteiger partial charge in [0, 0.05) is 38.3 Å². The van der Waals surface area contributed by atoms with Crippen LogP contribution in [0.25, 0.3) is 0 Å². The lowest BCUT2D eigenvalue weighted by atomic mass is 9.99. The summed E-state index contributed by atoms with van der Waals surface area (Å²) in [4.78, 5) is 2.44. The fourth-order valence-electron chi connectivity index (χ4n) is 1.55. The van der Waals surface area contributed by atoms with Gasteiger partial charge in [-0.05, 0) is 20.3 Å². The molecule has 0 aromatic heterocycles. The number of nitrogens with zero attached hydrogens (tertiary/aromatic N) is 1. The zero-order chi connectivity index (χ0) is 9.68. The average Bonchev–Trinajstić information content (AvgIpc) is 2.00. The minimum atomic E-state index is 0.239. The maximum Gasteiger partial charge on any atom is 0.0518 e. The van der Waals surface area contributed by atoms with Crippen molar-refractivity contribution in [1.82, 2.24) is 4.90 Å². The molecule has 0 bridgehead atoms. The third-order valence-corrected chi connectivity index (χ3v) is 2.52. The normalized spacial score (nSPS) is 19.4. The maximum atomic E-state index is 8.53. The first-order chi connectivity index (χ1) is 6.24. The molecule has 1 aliphatic rings. The van der Waals surface area contributed by atoms with Crippen LogP contribution in [0.15, 0.2) is 0 Å². The van der Waals surface area contributed by atoms with Gasteiger partial charge < -0.3 is 14.7 Å². The Bertz CT molecular complexity index is 133. The van der Waals surface area contributed by atoms with Gasteiger partial charge in [0.15, 0.2) is 0 Å². The standard InChI is InChI=1S/C10H21NO2/c1-9(2)11-6-10(7-11)8-13-5-3-4-12/h9-10,12H,3-8H2,1-2H3. The zero-order valence-electron chi connectivity index (χ0n) is 8.70. The van der Waals surface area contributed by atoms with Crippen molar-refractivity contribution < 1.29 is 9.84 Å². The Labute approximate surface area is 80.7 Å². The molecule has 0 atom stereocenters. The van der Waals surface area contributed by atoms with Gasteiger partial charge >= 0.3 is 0 Å². The molecule has 78 valence electrons. The molecule has 1 N–H and O–H groups in total. The van der Waals surface area contributed by atoms with Crippen molar-refractivity contribution in [3.8, 4) is 0 Å². The average molecular weight is 187 g/mol. The van der Waals surface area contributed by atoms with Crippen molar-refractivity contribution in [2.24, 2.45) is 5.92 Å². The molecule has 1 heterocycles. The smallest absolute Gasteiger partial charge is 0.0518 e. The van der Waals surface area contributed by atoms with Gasteiger partial charge in [-0.25, -0.2) is 0 Å². The van der Waals surface area contributed by atoms with E-state index >= 15 is 0 Å². The van der Waals surface area contributed by atoms with Crippen LogP contribution < -0.4 is 0 Å². The first kappa shape index (κ1) is 11.0. The number of aliphatic hydroxyl groups excluding tert-OH is 1. The lowest BCUT2D eigenvalue weighted by Gasteiger charge is -2.41. The number of hydrogen-bond acceptors (Lipinski definition) is 3. The van der Waals surface area contributed by atoms with Gasteiger partial charge in [-0.15, -0.1) is 0 Å². The lowest BCUT2D eigenvalue weighted by molar-refractivity contribution is -0.00327. The minimum Gasteiger partial charge on any atom is -0.396 e. The maximum absolute atomic E-state index is 8.53. The molecular weight excluding hydrogens is 166 g/mol. The molecule has 13 heavy (non-hydrogen) atoms. The summed E-state index contributed by atoms with van der Waals surface area (Å²) in [5.74, 6) is 0.723. The number of rotatable bonds is 6. The van der Waals surface area contributed by atoms with Crippen LogP contribution in [0.1, 0.15) is 20.3 Å². The van der Waals surface area contributed by atoms with E-state index in [-0.39, 0.29) is 6.61 Å². The molecule has 0 aromatic rings. The van der Waals surface area contributed by atoms with Crippen LogP contribution in [0.3, 0.4) is 0 Å². The van der Waals surface area contributed by atoms with Crippen molar-refractivity contribution >= 4 is 0 Å². The number of aliphatic hydroxyl groups is 1. The summed E-state index contributed by atoms with van der Waals surface area (Å²) in [5, 5.41) is 8.53. The van der Waals surface area contributed by atoms with E-state index in [4.69, 9.17) is 9.84 Å². The predicted molar refractivity (Wildman–Crippen MR) is 52.7 cm³/mol. The minimum absolute atomic E-state index is 0.239. The highest BCUT2D eigenvalue weighted by atomic mass is 16.5. The molecule has 0 amide bonds. The number of ether oxygens (including phenoxy) is 1. The van der Waals surface area contributed by atoms with E-state index in [1.165, 1.54) is 13.1 Å². The molecule has 0 aromatic carbocycles. The van der Waals surface area contributed by atoms with Crippen molar-refractivity contribution in [3.63, 3.8) is 0 Å². The van der Waals surface area contributed by atoms with Crippen molar-refractivity contribution in [1.29, 1.82) is 0 Å². The zero-order valence-corrected chi connectivity index (χ0v) is 8.70.